The van der Waals surface area contributed by atoms with Crippen LogP contribution in [-0.2, 0) is 0 Å². The van der Waals surface area contributed by atoms with Crippen molar-refractivity contribution in [2.75, 3.05) is 7.11 Å². The Hall–Kier alpha value is -2.08. The molecule has 0 spiro atoms. The second kappa shape index (κ2) is 4.30. The van der Waals surface area contributed by atoms with Crippen LogP contribution in [0.25, 0.3) is 10.9 Å². The number of nitrogens with zero attached hydrogens (tertiary/aromatic N) is 1. The van der Waals surface area contributed by atoms with Gasteiger partial charge in [0.15, 0.2) is 6.29 Å². The van der Waals surface area contributed by atoms with Crippen LogP contribution in [-0.4, -0.2) is 23.3 Å². The molecule has 6 nitrogen and oxygen atoms in total. The van der Waals surface area contributed by atoms with Crippen LogP contribution in [0.1, 0.15) is 15.9 Å². The number of benzene rings is 1. The largest absolute Gasteiger partial charge is 0.490 e. The summed E-state index contributed by atoms with van der Waals surface area (Å²) in [4.78, 5) is 24.3. The van der Waals surface area contributed by atoms with Crippen LogP contribution in [0.5, 0.6) is 5.75 Å². The van der Waals surface area contributed by atoms with E-state index in [4.69, 9.17) is 16.3 Å². The van der Waals surface area contributed by atoms with Gasteiger partial charge in [0.2, 0.25) is 5.75 Å². The first-order chi connectivity index (χ1) is 8.51. The number of aromatic amines is 1. The fourth-order valence-electron chi connectivity index (χ4n) is 1.99. The summed E-state index contributed by atoms with van der Waals surface area (Å²) >= 11 is 5.84. The van der Waals surface area contributed by atoms with Gasteiger partial charge >= 0.3 is 5.69 Å². The average Bonchev–Trinajstić information content (AvgIpc) is 2.61. The smallest absolute Gasteiger partial charge is 0.321 e. The fourth-order valence-corrected chi connectivity index (χ4v) is 2.23. The number of halogens is 1. The summed E-state index contributed by atoms with van der Waals surface area (Å²) in [5, 5.41) is 11.4. The number of rotatable bonds is 3. The maximum Gasteiger partial charge on any atom is 0.321 e. The van der Waals surface area contributed by atoms with E-state index in [0.29, 0.717) is 17.4 Å². The minimum atomic E-state index is -0.578. The molecule has 1 heterocycles. The molecule has 0 aliphatic heterocycles. The average molecular weight is 269 g/mol. The van der Waals surface area contributed by atoms with Crippen molar-refractivity contribution in [3.8, 4) is 5.75 Å². The zero-order chi connectivity index (χ0) is 13.4. The summed E-state index contributed by atoms with van der Waals surface area (Å²) in [7, 11) is 1.34. The molecule has 2 rings (SSSR count). The number of nitro benzene ring substituents is 1. The molecule has 1 aromatic heterocycles. The normalized spacial score (nSPS) is 10.6. The zero-order valence-electron chi connectivity index (χ0n) is 9.61. The summed E-state index contributed by atoms with van der Waals surface area (Å²) in [6.07, 6.45) is 0.489. The summed E-state index contributed by atoms with van der Waals surface area (Å²) in [5.74, 6) is 0.131. The molecule has 94 valence electrons. The number of hydrogen-bond acceptors (Lipinski definition) is 4. The second-order valence-electron chi connectivity index (χ2n) is 3.73. The molecular weight excluding hydrogens is 260 g/mol. The third-order valence-electron chi connectivity index (χ3n) is 2.69. The number of nitrogens with one attached hydrogen (secondary N) is 1. The predicted molar refractivity (Wildman–Crippen MR) is 66.6 cm³/mol. The Morgan fingerprint density at radius 1 is 1.56 bits per heavy atom. The molecule has 0 aliphatic rings. The first kappa shape index (κ1) is 12.4. The zero-order valence-corrected chi connectivity index (χ0v) is 10.4. The van der Waals surface area contributed by atoms with E-state index in [9.17, 15) is 14.9 Å². The van der Waals surface area contributed by atoms with Gasteiger partial charge in [-0.05, 0) is 13.0 Å². The van der Waals surface area contributed by atoms with E-state index in [0.717, 1.165) is 0 Å². The number of hydrogen-bond donors (Lipinski definition) is 1. The lowest BCUT2D eigenvalue weighted by atomic mass is 10.1. The van der Waals surface area contributed by atoms with E-state index in [1.165, 1.54) is 7.11 Å². The molecule has 0 radical (unpaired) electrons. The summed E-state index contributed by atoms with van der Waals surface area (Å²) in [6.45, 7) is 1.68. The van der Waals surface area contributed by atoms with Crippen LogP contribution >= 0.6 is 11.6 Å². The van der Waals surface area contributed by atoms with Crippen LogP contribution in [0, 0.1) is 17.0 Å². The Labute approximate surface area is 107 Å². The molecular formula is C11H9ClN2O4. The van der Waals surface area contributed by atoms with Crippen molar-refractivity contribution >= 4 is 34.5 Å². The van der Waals surface area contributed by atoms with Gasteiger partial charge in [0.1, 0.15) is 5.15 Å². The highest BCUT2D eigenvalue weighted by Gasteiger charge is 2.27. The number of carbonyl (C=O) groups is 1. The fraction of sp³-hybridized carbons (Fsp3) is 0.182. The molecule has 0 saturated carbocycles. The summed E-state index contributed by atoms with van der Waals surface area (Å²) in [6, 6.07) is 1.65. The monoisotopic (exact) mass is 268 g/mol. The minimum absolute atomic E-state index is 0.0664. The Bertz CT molecular complexity index is 663. The Balaban J connectivity index is 3.03. The lowest BCUT2D eigenvalue weighted by Gasteiger charge is -2.06. The summed E-state index contributed by atoms with van der Waals surface area (Å²) < 4.78 is 5.04. The van der Waals surface area contributed by atoms with Crippen LogP contribution in [0.4, 0.5) is 5.69 Å². The molecule has 0 atom stereocenters. The van der Waals surface area contributed by atoms with Gasteiger partial charge in [-0.25, -0.2) is 0 Å². The van der Waals surface area contributed by atoms with Gasteiger partial charge in [0, 0.05) is 5.56 Å². The van der Waals surface area contributed by atoms with E-state index < -0.39 is 4.92 Å². The van der Waals surface area contributed by atoms with E-state index in [1.54, 1.807) is 13.0 Å². The highest BCUT2D eigenvalue weighted by molar-refractivity contribution is 6.34. The molecule has 0 unspecified atom stereocenters. The van der Waals surface area contributed by atoms with Crippen molar-refractivity contribution in [1.29, 1.82) is 0 Å². The van der Waals surface area contributed by atoms with Crippen molar-refractivity contribution in [3.63, 3.8) is 0 Å². The molecule has 0 fully saturated rings. The van der Waals surface area contributed by atoms with E-state index in [1.807, 2.05) is 0 Å². The van der Waals surface area contributed by atoms with E-state index in [2.05, 4.69) is 4.98 Å². The number of nitro groups is 1. The number of aromatic nitrogens is 1. The molecule has 2 aromatic rings. The third-order valence-corrected chi connectivity index (χ3v) is 2.99. The number of aldehydes is 1. The number of aryl methyl sites for hydroxylation is 1. The summed E-state index contributed by atoms with van der Waals surface area (Å²) in [5.41, 5.74) is 0.841. The first-order valence-corrected chi connectivity index (χ1v) is 5.37. The van der Waals surface area contributed by atoms with Crippen LogP contribution < -0.4 is 4.74 Å². The van der Waals surface area contributed by atoms with Gasteiger partial charge in [-0.2, -0.15) is 0 Å². The molecule has 1 N–H and O–H groups in total. The second-order valence-corrected chi connectivity index (χ2v) is 4.10. The highest BCUT2D eigenvalue weighted by atomic mass is 35.5. The van der Waals surface area contributed by atoms with Gasteiger partial charge in [-0.1, -0.05) is 11.6 Å². The number of fused-ring (bicyclic) bond motifs is 1. The Morgan fingerprint density at radius 2 is 2.22 bits per heavy atom. The van der Waals surface area contributed by atoms with E-state index >= 15 is 0 Å². The highest BCUT2D eigenvalue weighted by Crippen LogP contribution is 2.41. The standard InChI is InChI=1S/C11H9ClN2O4/c1-5-3-7-8(6(4-15)11(12)13-7)9(14(16)17)10(5)18-2/h3-4,13H,1-2H3. The van der Waals surface area contributed by atoms with Crippen molar-refractivity contribution in [2.45, 2.75) is 6.92 Å². The van der Waals surface area contributed by atoms with Gasteiger partial charge in [0.25, 0.3) is 0 Å². The topological polar surface area (TPSA) is 85.2 Å². The van der Waals surface area contributed by atoms with Crippen molar-refractivity contribution < 1.29 is 14.5 Å². The Morgan fingerprint density at radius 3 is 2.72 bits per heavy atom. The number of carbonyl (C=O) groups excluding carboxylic acids is 1. The number of methoxy groups -OCH3 is 1. The quantitative estimate of drug-likeness (QED) is 0.527. The van der Waals surface area contributed by atoms with Crippen molar-refractivity contribution in [2.24, 2.45) is 0 Å². The number of H-pyrrole nitrogens is 1. The number of ether oxygens (including phenoxy) is 1. The van der Waals surface area contributed by atoms with Gasteiger partial charge in [-0.3, -0.25) is 14.9 Å². The molecule has 0 saturated heterocycles. The van der Waals surface area contributed by atoms with Gasteiger partial charge in [-0.15, -0.1) is 0 Å². The molecule has 0 aliphatic carbocycles. The first-order valence-electron chi connectivity index (χ1n) is 4.99. The van der Waals surface area contributed by atoms with Crippen molar-refractivity contribution in [1.82, 2.24) is 4.98 Å². The molecule has 0 amide bonds. The molecule has 7 heteroatoms. The van der Waals surface area contributed by atoms with E-state index in [-0.39, 0.29) is 27.5 Å². The van der Waals surface area contributed by atoms with Crippen LogP contribution in [0.3, 0.4) is 0 Å². The molecule has 18 heavy (non-hydrogen) atoms. The predicted octanol–water partition coefficient (Wildman–Crippen LogP) is 2.86. The SMILES string of the molecule is COc1c(C)cc2[nH]c(Cl)c(C=O)c2c1[N+](=O)[O-]. The maximum atomic E-state index is 11.2. The maximum absolute atomic E-state index is 11.2. The Kier molecular flexibility index (Phi) is 2.96. The van der Waals surface area contributed by atoms with Gasteiger partial charge in [0.05, 0.1) is 28.5 Å². The van der Waals surface area contributed by atoms with Crippen LogP contribution in [0.15, 0.2) is 6.07 Å². The minimum Gasteiger partial charge on any atom is -0.490 e. The molecule has 0 bridgehead atoms. The third kappa shape index (κ3) is 1.62. The van der Waals surface area contributed by atoms with Crippen LogP contribution in [0.2, 0.25) is 5.15 Å². The molecule has 1 aromatic carbocycles. The lowest BCUT2D eigenvalue weighted by molar-refractivity contribution is -0.384. The van der Waals surface area contributed by atoms with Gasteiger partial charge < -0.3 is 9.72 Å². The lowest BCUT2D eigenvalue weighted by Crippen LogP contribution is -1.97. The van der Waals surface area contributed by atoms with Crippen molar-refractivity contribution in [3.05, 3.63) is 32.5 Å².